The summed E-state index contributed by atoms with van der Waals surface area (Å²) in [7, 11) is 1.93. The Morgan fingerprint density at radius 1 is 0.821 bits per heavy atom. The molecule has 1 aliphatic rings. The lowest BCUT2D eigenvalue weighted by Gasteiger charge is -2.29. The third-order valence-corrected chi connectivity index (χ3v) is 13.2. The quantitative estimate of drug-likeness (QED) is 0.0591. The molecule has 0 bridgehead atoms. The zero-order valence-corrected chi connectivity index (χ0v) is 38.9. The summed E-state index contributed by atoms with van der Waals surface area (Å²) in [5.41, 5.74) is 18.2. The van der Waals surface area contributed by atoms with E-state index in [-0.39, 0.29) is 42.9 Å². The fourth-order valence-electron chi connectivity index (χ4n) is 7.02. The molecule has 24 heteroatoms. The van der Waals surface area contributed by atoms with E-state index in [1.807, 2.05) is 6.07 Å². The number of aromatic nitrogens is 1. The van der Waals surface area contributed by atoms with Crippen molar-refractivity contribution in [1.82, 2.24) is 42.2 Å². The van der Waals surface area contributed by atoms with Crippen molar-refractivity contribution >= 4 is 79.7 Å². The van der Waals surface area contributed by atoms with E-state index < -0.39 is 120 Å². The number of para-hydroxylation sites is 1. The first-order valence-corrected chi connectivity index (χ1v) is 24.1. The van der Waals surface area contributed by atoms with Crippen LogP contribution >= 0.6 is 21.6 Å². The Balaban J connectivity index is 1.83. The number of phenolic OH excluding ortho intramolecular Hbond substituents is 1. The molecule has 8 atom stereocenters. The maximum atomic E-state index is 14.6. The Labute approximate surface area is 394 Å². The van der Waals surface area contributed by atoms with Crippen LogP contribution in [0.4, 0.5) is 4.39 Å². The second-order valence-corrected chi connectivity index (χ2v) is 18.9. The average molecular weight is 974 g/mol. The monoisotopic (exact) mass is 973 g/mol. The number of nitrogens with one attached hydrogen (secondary N) is 8. The Kier molecular flexibility index (Phi) is 20.7. The van der Waals surface area contributed by atoms with Crippen LogP contribution < -0.4 is 54.4 Å². The van der Waals surface area contributed by atoms with Crippen molar-refractivity contribution in [2.45, 2.75) is 101 Å². The summed E-state index contributed by atoms with van der Waals surface area (Å²) in [6.45, 7) is 4.24. The number of benzene rings is 2. The van der Waals surface area contributed by atoms with E-state index in [9.17, 15) is 53.0 Å². The SMILES string of the molecule is CC(C)C1NC(=O)[C@H](CCCCN)NC(=O)[C@@H](Cc2c[nH]c3ccccc23)NC(=O)[C@H](Cc2ccc(O)c(F)c2)NC(=O)[C@H](NC(=O)CN)CSSC[C@H](C(=O)NC(C(N)=O)C(C)O)NC1=O. The van der Waals surface area contributed by atoms with Gasteiger partial charge >= 0.3 is 0 Å². The molecule has 8 amide bonds. The highest BCUT2D eigenvalue weighted by atomic mass is 33.1. The van der Waals surface area contributed by atoms with Gasteiger partial charge in [0.1, 0.15) is 42.3 Å². The first-order valence-electron chi connectivity index (χ1n) is 21.6. The number of aromatic amines is 1. The number of rotatable bonds is 15. The van der Waals surface area contributed by atoms with E-state index in [1.54, 1.807) is 38.2 Å². The van der Waals surface area contributed by atoms with Gasteiger partial charge in [0.2, 0.25) is 47.3 Å². The molecule has 0 aliphatic carbocycles. The van der Waals surface area contributed by atoms with Gasteiger partial charge in [-0.05, 0) is 68.0 Å². The number of amides is 8. The molecule has 1 aromatic heterocycles. The van der Waals surface area contributed by atoms with Gasteiger partial charge in [0, 0.05) is 41.4 Å². The molecule has 366 valence electrons. The number of H-pyrrole nitrogens is 1. The number of nitrogens with two attached hydrogens (primary N) is 3. The molecule has 21 nitrogen and oxygen atoms in total. The van der Waals surface area contributed by atoms with Crippen molar-refractivity contribution in [3.8, 4) is 5.75 Å². The van der Waals surface area contributed by atoms with Gasteiger partial charge in [-0.3, -0.25) is 38.4 Å². The van der Waals surface area contributed by atoms with Crippen molar-refractivity contribution in [1.29, 1.82) is 0 Å². The lowest BCUT2D eigenvalue weighted by molar-refractivity contribution is -0.136. The second-order valence-electron chi connectivity index (χ2n) is 16.3. The first kappa shape index (κ1) is 53.7. The standard InChI is InChI=1S/C43H60FN11O10S2/c1-21(2)35-43(65)53-32(42(64)55-36(22(3)56)37(47)59)20-67-66-19-31(49-34(58)17-46)41(63)51-29(15-23-11-12-33(57)26(44)14-23)39(61)52-30(16-24-18-48-27-9-5-4-8-25(24)27)40(62)50-28(38(60)54-35)10-6-7-13-45/h4-5,8-9,11-12,14,18,21-22,28-32,35-36,48,56-57H,6-7,10,13,15-17,19-20,45-46H2,1-3H3,(H2,47,59)(H,49,58)(H,50,62)(H,51,63)(H,52,61)(H,53,65)(H,54,60)(H,55,64)/t22?,28-,29-,30+,31+,32+,35?,36?/m0/s1. The molecular formula is C43H60FN11O10S2. The molecule has 0 spiro atoms. The maximum Gasteiger partial charge on any atom is 0.244 e. The highest BCUT2D eigenvalue weighted by Crippen LogP contribution is 2.25. The van der Waals surface area contributed by atoms with Crippen molar-refractivity contribution in [2.75, 3.05) is 24.6 Å². The molecule has 2 aromatic carbocycles. The average Bonchev–Trinajstić information content (AvgIpc) is 3.69. The highest BCUT2D eigenvalue weighted by Gasteiger charge is 2.36. The fourth-order valence-corrected chi connectivity index (χ4v) is 9.34. The topological polar surface area (TPSA) is 355 Å². The number of unbranched alkanes of at least 4 members (excludes halogenated alkanes) is 1. The van der Waals surface area contributed by atoms with Gasteiger partial charge in [-0.2, -0.15) is 0 Å². The van der Waals surface area contributed by atoms with Crippen molar-refractivity contribution < 1.29 is 53.0 Å². The second kappa shape index (κ2) is 25.8. The molecule has 2 heterocycles. The number of hydrogen-bond acceptors (Lipinski definition) is 14. The molecule has 3 aromatic rings. The maximum absolute atomic E-state index is 14.6. The van der Waals surface area contributed by atoms with Crippen LogP contribution in [0.15, 0.2) is 48.7 Å². The lowest BCUT2D eigenvalue weighted by Crippen LogP contribution is -2.62. The summed E-state index contributed by atoms with van der Waals surface area (Å²) in [5.74, 6) is -9.70. The zero-order chi connectivity index (χ0) is 49.4. The molecule has 1 aliphatic heterocycles. The number of aliphatic hydroxyl groups is 1. The van der Waals surface area contributed by atoms with Crippen LogP contribution in [-0.2, 0) is 51.2 Å². The fraction of sp³-hybridized carbons (Fsp3) is 0.488. The summed E-state index contributed by atoms with van der Waals surface area (Å²) >= 11 is 0. The van der Waals surface area contributed by atoms with Gasteiger partial charge in [0.15, 0.2) is 11.6 Å². The zero-order valence-electron chi connectivity index (χ0n) is 37.3. The predicted molar refractivity (Wildman–Crippen MR) is 250 cm³/mol. The molecule has 0 radical (unpaired) electrons. The van der Waals surface area contributed by atoms with Crippen LogP contribution in [0.5, 0.6) is 5.75 Å². The van der Waals surface area contributed by atoms with Gasteiger partial charge < -0.3 is 69.6 Å². The van der Waals surface area contributed by atoms with Gasteiger partial charge in [-0.15, -0.1) is 0 Å². The Bertz CT molecular complexity index is 2250. The van der Waals surface area contributed by atoms with E-state index in [2.05, 4.69) is 42.2 Å². The van der Waals surface area contributed by atoms with Crippen molar-refractivity contribution in [3.63, 3.8) is 0 Å². The van der Waals surface area contributed by atoms with Crippen LogP contribution in [-0.4, -0.2) is 135 Å². The first-order chi connectivity index (χ1) is 31.8. The van der Waals surface area contributed by atoms with E-state index in [0.29, 0.717) is 18.4 Å². The molecule has 0 saturated carbocycles. The van der Waals surface area contributed by atoms with E-state index in [4.69, 9.17) is 17.2 Å². The van der Waals surface area contributed by atoms with Crippen LogP contribution in [0.3, 0.4) is 0 Å². The minimum atomic E-state index is -1.55. The van der Waals surface area contributed by atoms with Gasteiger partial charge in [-0.25, -0.2) is 4.39 Å². The van der Waals surface area contributed by atoms with Gasteiger partial charge in [0.25, 0.3) is 0 Å². The smallest absolute Gasteiger partial charge is 0.244 e. The molecular weight excluding hydrogens is 914 g/mol. The molecule has 1 fully saturated rings. The van der Waals surface area contributed by atoms with Crippen LogP contribution in [0.1, 0.15) is 51.2 Å². The summed E-state index contributed by atoms with van der Waals surface area (Å²) in [6.07, 6.45) is 0.584. The Morgan fingerprint density at radius 2 is 1.46 bits per heavy atom. The summed E-state index contributed by atoms with van der Waals surface area (Å²) < 4.78 is 14.6. The third-order valence-electron chi connectivity index (χ3n) is 10.8. The van der Waals surface area contributed by atoms with Gasteiger partial charge in [0.05, 0.1) is 12.6 Å². The van der Waals surface area contributed by atoms with E-state index in [1.165, 1.54) is 13.0 Å². The summed E-state index contributed by atoms with van der Waals surface area (Å²) in [5, 5.41) is 39.0. The van der Waals surface area contributed by atoms with Crippen LogP contribution in [0.2, 0.25) is 0 Å². The Morgan fingerprint density at radius 3 is 2.10 bits per heavy atom. The molecule has 1 saturated heterocycles. The molecule has 16 N–H and O–H groups in total. The van der Waals surface area contributed by atoms with Crippen LogP contribution in [0, 0.1) is 11.7 Å². The number of primary amides is 1. The van der Waals surface area contributed by atoms with Gasteiger partial charge in [-0.1, -0.05) is 59.7 Å². The number of halogens is 1. The highest BCUT2D eigenvalue weighted by molar-refractivity contribution is 8.76. The number of phenols is 1. The molecule has 3 unspecified atom stereocenters. The minimum absolute atomic E-state index is 0.0444. The lowest BCUT2D eigenvalue weighted by atomic mass is 10.00. The molecule has 4 rings (SSSR count). The number of carbonyl (C=O) groups excluding carboxylic acids is 8. The summed E-state index contributed by atoms with van der Waals surface area (Å²) in [6, 6.07) is 0.634. The normalized spacial score (nSPS) is 22.6. The van der Waals surface area contributed by atoms with E-state index in [0.717, 1.165) is 44.6 Å². The van der Waals surface area contributed by atoms with E-state index >= 15 is 0 Å². The predicted octanol–water partition coefficient (Wildman–Crippen LogP) is -1.80. The Hall–Kier alpha value is -5.95. The van der Waals surface area contributed by atoms with Crippen molar-refractivity contribution in [3.05, 3.63) is 65.6 Å². The summed E-state index contributed by atoms with van der Waals surface area (Å²) in [4.78, 5) is 113. The number of fused-ring (bicyclic) bond motifs is 1. The number of carbonyl (C=O) groups is 8. The molecule has 67 heavy (non-hydrogen) atoms. The largest absolute Gasteiger partial charge is 0.505 e. The third kappa shape index (κ3) is 15.8. The number of aliphatic hydroxyl groups excluding tert-OH is 1. The van der Waals surface area contributed by atoms with Crippen molar-refractivity contribution in [2.24, 2.45) is 23.1 Å². The van der Waals surface area contributed by atoms with Crippen LogP contribution in [0.25, 0.3) is 10.9 Å². The number of hydrogen-bond donors (Lipinski definition) is 13. The number of aromatic hydroxyl groups is 1. The minimum Gasteiger partial charge on any atom is -0.505 e.